The molecule has 3 aromatic carbocycles. The van der Waals surface area contributed by atoms with Gasteiger partial charge in [-0.3, -0.25) is 4.72 Å². The van der Waals surface area contributed by atoms with Crippen molar-refractivity contribution < 1.29 is 13.2 Å². The summed E-state index contributed by atoms with van der Waals surface area (Å²) in [6.45, 7) is 2.25. The minimum absolute atomic E-state index is 0.0188. The van der Waals surface area contributed by atoms with Crippen molar-refractivity contribution in [2.24, 2.45) is 0 Å². The summed E-state index contributed by atoms with van der Waals surface area (Å²) in [5.41, 5.74) is 2.96. The van der Waals surface area contributed by atoms with Crippen molar-refractivity contribution in [1.82, 2.24) is 15.3 Å². The summed E-state index contributed by atoms with van der Waals surface area (Å²) in [6, 6.07) is 18.3. The van der Waals surface area contributed by atoms with Gasteiger partial charge in [0, 0.05) is 28.9 Å². The highest BCUT2D eigenvalue weighted by Gasteiger charge is 2.19. The minimum atomic E-state index is -3.98. The first-order valence-electron chi connectivity index (χ1n) is 10.0. The lowest BCUT2D eigenvalue weighted by Gasteiger charge is -2.12. The number of hydrogen-bond acceptors (Lipinski definition) is 5. The highest BCUT2D eigenvalue weighted by atomic mass is 35.5. The number of aromatic nitrogens is 2. The number of nitrogens with zero attached hydrogens (tertiary/aromatic N) is 2. The lowest BCUT2D eigenvalue weighted by Crippen LogP contribution is -2.28. The molecule has 10 heteroatoms. The van der Waals surface area contributed by atoms with Crippen LogP contribution >= 0.6 is 11.6 Å². The number of hydrogen-bond donors (Lipinski definition) is 3. The summed E-state index contributed by atoms with van der Waals surface area (Å²) in [4.78, 5) is 20.2. The Morgan fingerprint density at radius 1 is 0.970 bits per heavy atom. The molecule has 8 nitrogen and oxygen atoms in total. The topological polar surface area (TPSA) is 113 Å². The molecule has 4 aromatic rings. The average molecular weight is 482 g/mol. The van der Waals surface area contributed by atoms with Crippen molar-refractivity contribution in [3.8, 4) is 11.3 Å². The van der Waals surface area contributed by atoms with Gasteiger partial charge in [0.1, 0.15) is 11.2 Å². The largest absolute Gasteiger partial charge is 0.338 e. The lowest BCUT2D eigenvalue weighted by molar-refractivity contribution is 0.252. The zero-order valence-corrected chi connectivity index (χ0v) is 19.1. The summed E-state index contributed by atoms with van der Waals surface area (Å²) in [7, 11) is -3.98. The van der Waals surface area contributed by atoms with Gasteiger partial charge in [-0.1, -0.05) is 41.9 Å². The highest BCUT2D eigenvalue weighted by Crippen LogP contribution is 2.30. The molecule has 2 amide bonds. The number of sulfonamides is 1. The van der Waals surface area contributed by atoms with Crippen molar-refractivity contribution in [2.75, 3.05) is 16.6 Å². The number of carbonyl (C=O) groups is 1. The molecule has 0 aliphatic rings. The Morgan fingerprint density at radius 3 is 2.58 bits per heavy atom. The summed E-state index contributed by atoms with van der Waals surface area (Å²) in [5.74, 6) is 0. The molecule has 33 heavy (non-hydrogen) atoms. The molecule has 0 aliphatic carbocycles. The van der Waals surface area contributed by atoms with Crippen molar-refractivity contribution >= 4 is 49.9 Å². The van der Waals surface area contributed by atoms with E-state index in [-0.39, 0.29) is 9.92 Å². The molecule has 3 N–H and O–H groups in total. The van der Waals surface area contributed by atoms with Gasteiger partial charge in [0.05, 0.1) is 16.2 Å². The second-order valence-corrected chi connectivity index (χ2v) is 9.11. The van der Waals surface area contributed by atoms with Crippen LogP contribution in [0.25, 0.3) is 22.2 Å². The second-order valence-electron chi connectivity index (χ2n) is 7.06. The van der Waals surface area contributed by atoms with Crippen LogP contribution in [0.2, 0.25) is 5.02 Å². The molecule has 0 atom stereocenters. The Labute approximate surface area is 196 Å². The Bertz CT molecular complexity index is 1440. The number of benzene rings is 3. The Kier molecular flexibility index (Phi) is 6.43. The van der Waals surface area contributed by atoms with Gasteiger partial charge in [0.15, 0.2) is 0 Å². The predicted molar refractivity (Wildman–Crippen MR) is 130 cm³/mol. The van der Waals surface area contributed by atoms with Gasteiger partial charge < -0.3 is 10.6 Å². The molecule has 0 aliphatic heterocycles. The van der Waals surface area contributed by atoms with Crippen molar-refractivity contribution in [3.05, 3.63) is 78.1 Å². The third-order valence-corrected chi connectivity index (χ3v) is 6.61. The number of fused-ring (bicyclic) bond motifs is 1. The molecule has 0 radical (unpaired) electrons. The van der Waals surface area contributed by atoms with Crippen molar-refractivity contribution in [3.63, 3.8) is 0 Å². The molecule has 1 heterocycles. The maximum absolute atomic E-state index is 13.0. The van der Waals surface area contributed by atoms with E-state index < -0.39 is 16.1 Å². The molecule has 168 valence electrons. The first-order valence-corrected chi connectivity index (χ1v) is 11.9. The molecule has 1 aromatic heterocycles. The predicted octanol–water partition coefficient (Wildman–Crippen LogP) is 4.89. The number of urea groups is 1. The Balaban J connectivity index is 1.61. The number of nitrogens with one attached hydrogen (secondary N) is 3. The third kappa shape index (κ3) is 5.05. The summed E-state index contributed by atoms with van der Waals surface area (Å²) in [5, 5.41) is 6.02. The van der Waals surface area contributed by atoms with E-state index in [9.17, 15) is 13.2 Å². The normalized spacial score (nSPS) is 11.2. The Hall–Kier alpha value is -3.69. The maximum Gasteiger partial charge on any atom is 0.319 e. The smallest absolute Gasteiger partial charge is 0.319 e. The van der Waals surface area contributed by atoms with Gasteiger partial charge in [0.2, 0.25) is 0 Å². The number of amides is 2. The minimum Gasteiger partial charge on any atom is -0.338 e. The number of carbonyl (C=O) groups excluding carboxylic acids is 1. The van der Waals surface area contributed by atoms with E-state index in [4.69, 9.17) is 11.6 Å². The van der Waals surface area contributed by atoms with E-state index in [1.165, 1.54) is 24.5 Å². The molecule has 0 spiro atoms. The van der Waals surface area contributed by atoms with Crippen LogP contribution in [-0.4, -0.2) is 31.0 Å². The first-order chi connectivity index (χ1) is 15.9. The fraction of sp³-hybridized carbons (Fsp3) is 0.0870. The van der Waals surface area contributed by atoms with Crippen molar-refractivity contribution in [1.29, 1.82) is 0 Å². The van der Waals surface area contributed by atoms with Crippen LogP contribution in [0.5, 0.6) is 0 Å². The lowest BCUT2D eigenvalue weighted by atomic mass is 10.1. The number of rotatable bonds is 6. The first kappa shape index (κ1) is 22.5. The molecule has 0 saturated heterocycles. The molecule has 0 saturated carbocycles. The number of halogens is 1. The molecule has 4 rings (SSSR count). The Morgan fingerprint density at radius 2 is 1.79 bits per heavy atom. The fourth-order valence-electron chi connectivity index (χ4n) is 3.31. The van der Waals surface area contributed by atoms with Crippen LogP contribution in [0.1, 0.15) is 6.92 Å². The van der Waals surface area contributed by atoms with E-state index in [0.717, 1.165) is 16.5 Å². The van der Waals surface area contributed by atoms with Crippen LogP contribution in [0.15, 0.2) is 78.0 Å². The van der Waals surface area contributed by atoms with Gasteiger partial charge in [-0.05, 0) is 43.3 Å². The zero-order chi connectivity index (χ0) is 23.4. The molecular formula is C23H20ClN5O3S. The van der Waals surface area contributed by atoms with Gasteiger partial charge in [-0.25, -0.2) is 23.2 Å². The highest BCUT2D eigenvalue weighted by molar-refractivity contribution is 7.92. The zero-order valence-electron chi connectivity index (χ0n) is 17.5. The van der Waals surface area contributed by atoms with Crippen LogP contribution in [0.3, 0.4) is 0 Å². The van der Waals surface area contributed by atoms with Crippen LogP contribution in [-0.2, 0) is 10.0 Å². The van der Waals surface area contributed by atoms with Gasteiger partial charge in [-0.2, -0.15) is 0 Å². The SMILES string of the molecule is CCNC(=O)Nc1ccc(S(=O)(=O)Nc2cccc(-c3ncnc4ccccc34)c2)c(Cl)c1. The van der Waals surface area contributed by atoms with E-state index in [1.807, 2.05) is 30.3 Å². The van der Waals surface area contributed by atoms with Crippen LogP contribution in [0.4, 0.5) is 16.2 Å². The van der Waals surface area contributed by atoms with E-state index in [0.29, 0.717) is 23.6 Å². The van der Waals surface area contributed by atoms with Gasteiger partial charge in [0.25, 0.3) is 10.0 Å². The van der Waals surface area contributed by atoms with Crippen LogP contribution in [0, 0.1) is 0 Å². The third-order valence-electron chi connectivity index (χ3n) is 4.75. The van der Waals surface area contributed by atoms with E-state index in [2.05, 4.69) is 25.3 Å². The monoisotopic (exact) mass is 481 g/mol. The van der Waals surface area contributed by atoms with Gasteiger partial charge >= 0.3 is 6.03 Å². The van der Waals surface area contributed by atoms with E-state index in [1.54, 1.807) is 25.1 Å². The molecule has 0 bridgehead atoms. The molecule has 0 unspecified atom stereocenters. The van der Waals surface area contributed by atoms with Gasteiger partial charge in [-0.15, -0.1) is 0 Å². The second kappa shape index (κ2) is 9.43. The summed E-state index contributed by atoms with van der Waals surface area (Å²) < 4.78 is 28.6. The number of para-hydroxylation sites is 1. The molecular weight excluding hydrogens is 462 g/mol. The maximum atomic E-state index is 13.0. The number of anilines is 2. The average Bonchev–Trinajstić information content (AvgIpc) is 2.78. The van der Waals surface area contributed by atoms with E-state index >= 15 is 0 Å². The van der Waals surface area contributed by atoms with Crippen molar-refractivity contribution in [2.45, 2.75) is 11.8 Å². The summed E-state index contributed by atoms with van der Waals surface area (Å²) in [6.07, 6.45) is 1.48. The fourth-order valence-corrected chi connectivity index (χ4v) is 4.90. The quantitative estimate of drug-likeness (QED) is 0.363. The molecule has 0 fully saturated rings. The standard InChI is InChI=1S/C23H20ClN5O3S/c1-2-25-23(30)28-16-10-11-21(19(24)13-16)33(31,32)29-17-7-5-6-15(12-17)22-18-8-3-4-9-20(18)26-14-27-22/h3-14,29H,2H2,1H3,(H2,25,28,30). The van der Waals surface area contributed by atoms with Crippen LogP contribution < -0.4 is 15.4 Å². The summed E-state index contributed by atoms with van der Waals surface area (Å²) >= 11 is 6.23.